The van der Waals surface area contributed by atoms with Gasteiger partial charge in [-0.05, 0) is 37.8 Å². The molecule has 1 aromatic rings. The number of amides is 2. The quantitative estimate of drug-likeness (QED) is 0.763. The van der Waals surface area contributed by atoms with Gasteiger partial charge in [0, 0.05) is 6.04 Å². The standard InChI is InChI=1S/C16H19NO2/c1-11(12-7-3-2-4-8-12)17-15(18)13-9-5-6-10-14(13)16(17)19/h5-6,9-12H,2-4,7-8H2,1H3. The predicted octanol–water partition coefficient (Wildman–Crippen LogP) is 3.25. The molecule has 1 aliphatic carbocycles. The monoisotopic (exact) mass is 257 g/mol. The fourth-order valence-corrected chi connectivity index (χ4v) is 3.41. The average molecular weight is 257 g/mol. The van der Waals surface area contributed by atoms with Crippen LogP contribution in [0.4, 0.5) is 0 Å². The van der Waals surface area contributed by atoms with Gasteiger partial charge in [-0.15, -0.1) is 0 Å². The fraction of sp³-hybridized carbons (Fsp3) is 0.500. The number of nitrogens with zero attached hydrogens (tertiary/aromatic N) is 1. The summed E-state index contributed by atoms with van der Waals surface area (Å²) in [5.74, 6) is 0.244. The van der Waals surface area contributed by atoms with Gasteiger partial charge in [0.25, 0.3) is 11.8 Å². The first-order valence-electron chi connectivity index (χ1n) is 7.17. The van der Waals surface area contributed by atoms with E-state index >= 15 is 0 Å². The van der Waals surface area contributed by atoms with Gasteiger partial charge in [0.05, 0.1) is 11.1 Å². The highest BCUT2D eigenvalue weighted by molar-refractivity contribution is 6.21. The predicted molar refractivity (Wildman–Crippen MR) is 73.0 cm³/mol. The zero-order chi connectivity index (χ0) is 13.4. The Morgan fingerprint density at radius 2 is 1.53 bits per heavy atom. The summed E-state index contributed by atoms with van der Waals surface area (Å²) >= 11 is 0. The first kappa shape index (κ1) is 12.4. The molecule has 3 rings (SSSR count). The number of fused-ring (bicyclic) bond motifs is 1. The Labute approximate surface area is 113 Å². The van der Waals surface area contributed by atoms with Crippen LogP contribution in [0.15, 0.2) is 24.3 Å². The van der Waals surface area contributed by atoms with E-state index in [1.54, 1.807) is 12.1 Å². The summed E-state index contributed by atoms with van der Waals surface area (Å²) in [6, 6.07) is 7.16. The maximum absolute atomic E-state index is 12.4. The van der Waals surface area contributed by atoms with Crippen molar-refractivity contribution in [3.63, 3.8) is 0 Å². The molecule has 2 aliphatic rings. The number of imide groups is 1. The summed E-state index contributed by atoms with van der Waals surface area (Å²) in [5.41, 5.74) is 1.13. The maximum atomic E-state index is 12.4. The van der Waals surface area contributed by atoms with E-state index in [0.717, 1.165) is 12.8 Å². The van der Waals surface area contributed by atoms with Gasteiger partial charge in [-0.1, -0.05) is 31.4 Å². The summed E-state index contributed by atoms with van der Waals surface area (Å²) in [4.78, 5) is 26.3. The molecule has 0 radical (unpaired) electrons. The van der Waals surface area contributed by atoms with Crippen molar-refractivity contribution in [3.05, 3.63) is 35.4 Å². The molecule has 0 bridgehead atoms. The van der Waals surface area contributed by atoms with Gasteiger partial charge < -0.3 is 0 Å². The van der Waals surface area contributed by atoms with Gasteiger partial charge in [-0.2, -0.15) is 0 Å². The Bertz CT molecular complexity index is 482. The molecule has 1 aliphatic heterocycles. The molecule has 100 valence electrons. The Morgan fingerprint density at radius 1 is 1.00 bits per heavy atom. The highest BCUT2D eigenvalue weighted by Crippen LogP contribution is 2.33. The Balaban J connectivity index is 1.87. The molecule has 0 aromatic heterocycles. The Kier molecular flexibility index (Phi) is 3.13. The number of hydrogen-bond acceptors (Lipinski definition) is 2. The van der Waals surface area contributed by atoms with Gasteiger partial charge in [-0.3, -0.25) is 14.5 Å². The van der Waals surface area contributed by atoms with Gasteiger partial charge in [0.2, 0.25) is 0 Å². The molecule has 1 heterocycles. The third kappa shape index (κ3) is 1.97. The first-order chi connectivity index (χ1) is 9.20. The van der Waals surface area contributed by atoms with E-state index in [2.05, 4.69) is 0 Å². The van der Waals surface area contributed by atoms with Crippen LogP contribution in [-0.2, 0) is 0 Å². The van der Waals surface area contributed by atoms with Crippen LogP contribution in [-0.4, -0.2) is 22.8 Å². The van der Waals surface area contributed by atoms with Crippen LogP contribution in [0.1, 0.15) is 59.7 Å². The lowest BCUT2D eigenvalue weighted by molar-refractivity contribution is 0.0520. The van der Waals surface area contributed by atoms with Crippen molar-refractivity contribution in [1.29, 1.82) is 0 Å². The molecule has 1 atom stereocenters. The molecule has 3 heteroatoms. The molecule has 2 amide bonds. The van der Waals surface area contributed by atoms with Crippen molar-refractivity contribution in [2.24, 2.45) is 5.92 Å². The zero-order valence-corrected chi connectivity index (χ0v) is 11.3. The second kappa shape index (κ2) is 4.80. The minimum Gasteiger partial charge on any atom is -0.271 e. The molecule has 3 nitrogen and oxygen atoms in total. The Hall–Kier alpha value is -1.64. The third-order valence-corrected chi connectivity index (χ3v) is 4.56. The lowest BCUT2D eigenvalue weighted by Crippen LogP contribution is -2.43. The van der Waals surface area contributed by atoms with Gasteiger partial charge in [0.15, 0.2) is 0 Å². The van der Waals surface area contributed by atoms with Crippen LogP contribution in [0.25, 0.3) is 0 Å². The second-order valence-corrected chi connectivity index (χ2v) is 5.66. The van der Waals surface area contributed by atoms with Crippen LogP contribution < -0.4 is 0 Å². The molecular weight excluding hydrogens is 238 g/mol. The molecule has 0 spiro atoms. The molecule has 0 N–H and O–H groups in total. The molecule has 0 saturated heterocycles. The van der Waals surface area contributed by atoms with Crippen molar-refractivity contribution >= 4 is 11.8 Å². The second-order valence-electron chi connectivity index (χ2n) is 5.66. The molecule has 19 heavy (non-hydrogen) atoms. The average Bonchev–Trinajstić information content (AvgIpc) is 2.72. The van der Waals surface area contributed by atoms with Crippen LogP contribution in [0, 0.1) is 5.92 Å². The maximum Gasteiger partial charge on any atom is 0.261 e. The van der Waals surface area contributed by atoms with E-state index in [1.807, 2.05) is 19.1 Å². The first-order valence-corrected chi connectivity index (χ1v) is 7.17. The van der Waals surface area contributed by atoms with Gasteiger partial charge >= 0.3 is 0 Å². The van der Waals surface area contributed by atoms with E-state index in [-0.39, 0.29) is 17.9 Å². The van der Waals surface area contributed by atoms with Crippen molar-refractivity contribution in [2.75, 3.05) is 0 Å². The largest absolute Gasteiger partial charge is 0.271 e. The Morgan fingerprint density at radius 3 is 2.05 bits per heavy atom. The van der Waals surface area contributed by atoms with Crippen LogP contribution in [0.5, 0.6) is 0 Å². The summed E-state index contributed by atoms with van der Waals surface area (Å²) in [6.07, 6.45) is 5.99. The summed E-state index contributed by atoms with van der Waals surface area (Å²) in [6.45, 7) is 2.03. The van der Waals surface area contributed by atoms with E-state index in [1.165, 1.54) is 24.2 Å². The fourth-order valence-electron chi connectivity index (χ4n) is 3.41. The lowest BCUT2D eigenvalue weighted by atomic mass is 9.84. The van der Waals surface area contributed by atoms with Crippen LogP contribution in [0.2, 0.25) is 0 Å². The van der Waals surface area contributed by atoms with E-state index in [0.29, 0.717) is 17.0 Å². The third-order valence-electron chi connectivity index (χ3n) is 4.56. The summed E-state index contributed by atoms with van der Waals surface area (Å²) in [5, 5.41) is 0. The number of hydrogen-bond donors (Lipinski definition) is 0. The number of benzene rings is 1. The van der Waals surface area contributed by atoms with Crippen LogP contribution in [0.3, 0.4) is 0 Å². The van der Waals surface area contributed by atoms with Gasteiger partial charge in [-0.25, -0.2) is 0 Å². The molecule has 1 aromatic carbocycles. The molecule has 1 fully saturated rings. The van der Waals surface area contributed by atoms with E-state index in [4.69, 9.17) is 0 Å². The number of rotatable bonds is 2. The van der Waals surface area contributed by atoms with Crippen molar-refractivity contribution in [2.45, 2.75) is 45.1 Å². The smallest absolute Gasteiger partial charge is 0.261 e. The summed E-state index contributed by atoms with van der Waals surface area (Å²) < 4.78 is 0. The van der Waals surface area contributed by atoms with E-state index < -0.39 is 0 Å². The summed E-state index contributed by atoms with van der Waals surface area (Å²) in [7, 11) is 0. The lowest BCUT2D eigenvalue weighted by Gasteiger charge is -2.32. The zero-order valence-electron chi connectivity index (χ0n) is 11.3. The van der Waals surface area contributed by atoms with E-state index in [9.17, 15) is 9.59 Å². The van der Waals surface area contributed by atoms with Crippen molar-refractivity contribution in [1.82, 2.24) is 4.90 Å². The number of carbonyl (C=O) groups excluding carboxylic acids is 2. The highest BCUT2D eigenvalue weighted by atomic mass is 16.2. The van der Waals surface area contributed by atoms with Gasteiger partial charge in [0.1, 0.15) is 0 Å². The SMILES string of the molecule is CC(C1CCCCC1)N1C(=O)c2ccccc2C1=O. The minimum atomic E-state index is -0.112. The van der Waals surface area contributed by atoms with Crippen molar-refractivity contribution in [3.8, 4) is 0 Å². The molecule has 1 saturated carbocycles. The minimum absolute atomic E-state index is 0.0210. The van der Waals surface area contributed by atoms with Crippen molar-refractivity contribution < 1.29 is 9.59 Å². The molecule has 1 unspecified atom stereocenters. The normalized spacial score (nSPS) is 21.6. The highest BCUT2D eigenvalue weighted by Gasteiger charge is 2.40. The topological polar surface area (TPSA) is 37.4 Å². The number of carbonyl (C=O) groups is 2. The van der Waals surface area contributed by atoms with Crippen LogP contribution >= 0.6 is 0 Å². The molecular formula is C16H19NO2.